The first-order chi connectivity index (χ1) is 19.8. The summed E-state index contributed by atoms with van der Waals surface area (Å²) in [7, 11) is 0. The lowest BCUT2D eigenvalue weighted by Crippen LogP contribution is -2.67. The molecule has 6 fully saturated rings. The monoisotopic (exact) mass is 572 g/mol. The van der Waals surface area contributed by atoms with Gasteiger partial charge in [-0.3, -0.25) is 0 Å². The van der Waals surface area contributed by atoms with Crippen LogP contribution in [0.2, 0.25) is 0 Å². The van der Waals surface area contributed by atoms with Crippen LogP contribution in [0, 0.1) is 56.2 Å². The van der Waals surface area contributed by atoms with Gasteiger partial charge in [0, 0.05) is 11.5 Å². The van der Waals surface area contributed by atoms with Gasteiger partial charge in [0.2, 0.25) is 0 Å². The maximum Gasteiger partial charge on any atom is 0.331 e. The second-order valence-electron chi connectivity index (χ2n) is 17.9. The van der Waals surface area contributed by atoms with Gasteiger partial charge in [0.05, 0.1) is 12.7 Å². The van der Waals surface area contributed by atoms with E-state index < -0.39 is 0 Å². The first-order valence-corrected chi connectivity index (χ1v) is 17.3. The quantitative estimate of drug-likeness (QED) is 0.267. The van der Waals surface area contributed by atoms with E-state index in [0.29, 0.717) is 39.1 Å². The molecule has 230 valence electrons. The third-order valence-corrected chi connectivity index (χ3v) is 15.3. The van der Waals surface area contributed by atoms with E-state index in [9.17, 15) is 4.79 Å². The van der Waals surface area contributed by atoms with Gasteiger partial charge in [-0.05, 0) is 127 Å². The number of fused-ring (bicyclic) bond motifs is 5. The number of ether oxygens (including phenoxy) is 2. The Labute approximate surface area is 255 Å². The Morgan fingerprint density at radius 3 is 2.14 bits per heavy atom. The lowest BCUT2D eigenvalue weighted by atomic mass is 9.32. The van der Waals surface area contributed by atoms with Crippen LogP contribution in [-0.2, 0) is 14.3 Å². The van der Waals surface area contributed by atoms with Gasteiger partial charge in [0.1, 0.15) is 6.10 Å². The summed E-state index contributed by atoms with van der Waals surface area (Å²) in [6.07, 6.45) is 16.9. The van der Waals surface area contributed by atoms with Crippen molar-refractivity contribution < 1.29 is 14.3 Å². The molecule has 1 saturated heterocycles. The summed E-state index contributed by atoms with van der Waals surface area (Å²) in [6, 6.07) is 10.0. The molecule has 0 unspecified atom stereocenters. The predicted molar refractivity (Wildman–Crippen MR) is 170 cm³/mol. The SMILES string of the molecule is CC1(C)CC[C@]23CC[C@H]4[C@]5(C)CC[C@@H]6C(C)(C)[C@H](OC(=O)C=Cc7ccccc7)CC[C@]6(C)[C@@H]5CC[C@]4(C)[C@@H]2[C@H]1OC3. The Bertz CT molecular complexity index is 1250. The minimum atomic E-state index is -0.196. The standard InChI is InChI=1S/C39H56O3/c1-34(2)23-24-39-22-17-29-37(6)19-15-27-35(3,4)30(42-31(40)14-13-26-11-9-8-10-12-26)18-21-36(27,5)28(37)16-20-38(29,7)32(39)33(34)41-25-39/h8-14,27-30,32-33H,15-25H2,1-7H3/t27-,28+,29+,30-,32+,33-,36+,37-,38+,39+/m1/s1. The molecule has 3 nitrogen and oxygen atoms in total. The van der Waals surface area contributed by atoms with Crippen molar-refractivity contribution in [1.29, 1.82) is 0 Å². The van der Waals surface area contributed by atoms with E-state index in [4.69, 9.17) is 9.47 Å². The zero-order valence-corrected chi connectivity index (χ0v) is 27.5. The molecular weight excluding hydrogens is 516 g/mol. The molecule has 42 heavy (non-hydrogen) atoms. The van der Waals surface area contributed by atoms with Crippen molar-refractivity contribution in [2.24, 2.45) is 56.2 Å². The second kappa shape index (κ2) is 9.45. The lowest BCUT2D eigenvalue weighted by Gasteiger charge is -2.72. The van der Waals surface area contributed by atoms with E-state index >= 15 is 0 Å². The van der Waals surface area contributed by atoms with Crippen molar-refractivity contribution in [3.8, 4) is 0 Å². The molecule has 1 heterocycles. The topological polar surface area (TPSA) is 35.5 Å². The van der Waals surface area contributed by atoms with Crippen LogP contribution in [0.1, 0.15) is 118 Å². The largest absolute Gasteiger partial charge is 0.459 e. The molecule has 2 bridgehead atoms. The summed E-state index contributed by atoms with van der Waals surface area (Å²) in [5.41, 5.74) is 2.82. The molecule has 10 atom stereocenters. The van der Waals surface area contributed by atoms with Crippen molar-refractivity contribution in [2.45, 2.75) is 125 Å². The molecule has 1 aliphatic heterocycles. The summed E-state index contributed by atoms with van der Waals surface area (Å²) in [5, 5.41) is 0. The molecule has 5 aliphatic carbocycles. The first-order valence-electron chi connectivity index (χ1n) is 17.3. The molecule has 0 radical (unpaired) electrons. The number of rotatable bonds is 3. The van der Waals surface area contributed by atoms with Gasteiger partial charge in [-0.2, -0.15) is 0 Å². The minimum absolute atomic E-state index is 0.0199. The Balaban J connectivity index is 1.12. The molecule has 5 saturated carbocycles. The van der Waals surface area contributed by atoms with E-state index in [-0.39, 0.29) is 17.5 Å². The van der Waals surface area contributed by atoms with Crippen LogP contribution in [0.4, 0.5) is 0 Å². The summed E-state index contributed by atoms with van der Waals surface area (Å²) >= 11 is 0. The molecule has 1 aromatic rings. The van der Waals surface area contributed by atoms with Crippen LogP contribution >= 0.6 is 0 Å². The number of benzene rings is 1. The molecule has 3 heteroatoms. The normalized spacial score (nSPS) is 48.5. The molecule has 0 amide bonds. The van der Waals surface area contributed by atoms with Gasteiger partial charge in [0.15, 0.2) is 0 Å². The van der Waals surface area contributed by atoms with Crippen LogP contribution in [0.3, 0.4) is 0 Å². The van der Waals surface area contributed by atoms with Crippen molar-refractivity contribution in [2.75, 3.05) is 6.61 Å². The lowest BCUT2D eigenvalue weighted by molar-refractivity contribution is -0.246. The fourth-order valence-corrected chi connectivity index (χ4v) is 13.4. The van der Waals surface area contributed by atoms with Crippen molar-refractivity contribution >= 4 is 12.0 Å². The Kier molecular flexibility index (Phi) is 6.55. The molecule has 6 aliphatic rings. The fraction of sp³-hybridized carbons (Fsp3) is 0.769. The van der Waals surface area contributed by atoms with E-state index in [0.717, 1.165) is 36.3 Å². The number of hydrogen-bond acceptors (Lipinski definition) is 3. The van der Waals surface area contributed by atoms with E-state index in [2.05, 4.69) is 48.5 Å². The zero-order valence-electron chi connectivity index (χ0n) is 27.5. The highest BCUT2D eigenvalue weighted by Crippen LogP contribution is 2.77. The third kappa shape index (κ3) is 3.96. The summed E-state index contributed by atoms with van der Waals surface area (Å²) in [4.78, 5) is 13.0. The molecule has 0 aromatic heterocycles. The third-order valence-electron chi connectivity index (χ3n) is 15.3. The van der Waals surface area contributed by atoms with Gasteiger partial charge < -0.3 is 9.47 Å². The van der Waals surface area contributed by atoms with Crippen LogP contribution in [0.25, 0.3) is 6.08 Å². The molecule has 7 rings (SSSR count). The van der Waals surface area contributed by atoms with Gasteiger partial charge in [-0.1, -0.05) is 78.8 Å². The number of esters is 1. The average Bonchev–Trinajstić information content (AvgIpc) is 3.30. The molecule has 1 aromatic carbocycles. The Morgan fingerprint density at radius 1 is 0.762 bits per heavy atom. The van der Waals surface area contributed by atoms with E-state index in [1.54, 1.807) is 6.08 Å². The zero-order chi connectivity index (χ0) is 29.8. The van der Waals surface area contributed by atoms with E-state index in [1.165, 1.54) is 57.8 Å². The van der Waals surface area contributed by atoms with E-state index in [1.807, 2.05) is 36.4 Å². The van der Waals surface area contributed by atoms with Crippen molar-refractivity contribution in [3.63, 3.8) is 0 Å². The Morgan fingerprint density at radius 2 is 1.38 bits per heavy atom. The summed E-state index contributed by atoms with van der Waals surface area (Å²) in [6.45, 7) is 18.9. The van der Waals surface area contributed by atoms with Crippen molar-refractivity contribution in [3.05, 3.63) is 42.0 Å². The highest BCUT2D eigenvalue weighted by molar-refractivity contribution is 5.87. The average molecular weight is 573 g/mol. The Hall–Kier alpha value is -1.61. The summed E-state index contributed by atoms with van der Waals surface area (Å²) < 4.78 is 13.0. The van der Waals surface area contributed by atoms with Crippen LogP contribution in [-0.4, -0.2) is 24.8 Å². The van der Waals surface area contributed by atoms with Crippen LogP contribution < -0.4 is 0 Å². The van der Waals surface area contributed by atoms with Gasteiger partial charge in [-0.25, -0.2) is 4.79 Å². The molecule has 0 N–H and O–H groups in total. The van der Waals surface area contributed by atoms with Gasteiger partial charge in [-0.15, -0.1) is 0 Å². The molecule has 0 spiro atoms. The number of carbonyl (C=O) groups is 1. The number of carbonyl (C=O) groups excluding carboxylic acids is 1. The summed E-state index contributed by atoms with van der Waals surface area (Å²) in [5.74, 6) is 2.66. The van der Waals surface area contributed by atoms with Gasteiger partial charge in [0.25, 0.3) is 0 Å². The van der Waals surface area contributed by atoms with Crippen molar-refractivity contribution in [1.82, 2.24) is 0 Å². The maximum absolute atomic E-state index is 13.0. The fourth-order valence-electron chi connectivity index (χ4n) is 13.4. The van der Waals surface area contributed by atoms with Gasteiger partial charge >= 0.3 is 5.97 Å². The predicted octanol–water partition coefficient (Wildman–Crippen LogP) is 9.50. The minimum Gasteiger partial charge on any atom is -0.459 e. The highest BCUT2D eigenvalue weighted by atomic mass is 16.5. The smallest absolute Gasteiger partial charge is 0.331 e. The first kappa shape index (κ1) is 29.1. The molecular formula is C39H56O3. The second-order valence-corrected chi connectivity index (χ2v) is 17.9. The highest BCUT2D eigenvalue weighted by Gasteiger charge is 2.72. The van der Waals surface area contributed by atoms with Crippen LogP contribution in [0.5, 0.6) is 0 Å². The van der Waals surface area contributed by atoms with Crippen LogP contribution in [0.15, 0.2) is 36.4 Å². The maximum atomic E-state index is 13.0. The number of hydrogen-bond donors (Lipinski definition) is 0.